The Hall–Kier alpha value is -2.42. The van der Waals surface area contributed by atoms with Gasteiger partial charge in [-0.25, -0.2) is 4.98 Å². The van der Waals surface area contributed by atoms with Crippen molar-refractivity contribution in [1.29, 1.82) is 0 Å². The molecule has 1 aromatic heterocycles. The van der Waals surface area contributed by atoms with Crippen LogP contribution in [-0.2, 0) is 4.79 Å². The molecule has 0 radical (unpaired) electrons. The molecule has 0 saturated carbocycles. The van der Waals surface area contributed by atoms with Gasteiger partial charge in [0.05, 0.1) is 0 Å². The van der Waals surface area contributed by atoms with Gasteiger partial charge in [-0.3, -0.25) is 0 Å². The van der Waals surface area contributed by atoms with Crippen molar-refractivity contribution in [2.24, 2.45) is 0 Å². The molecule has 1 atom stereocenters. The van der Waals surface area contributed by atoms with Gasteiger partial charge in [-0.1, -0.05) is 30.7 Å². The third-order valence-electron chi connectivity index (χ3n) is 3.44. The maximum atomic E-state index is 10.9. The van der Waals surface area contributed by atoms with Crippen molar-refractivity contribution < 1.29 is 9.21 Å². The Morgan fingerprint density at radius 2 is 1.90 bits per heavy atom. The molecule has 3 nitrogen and oxygen atoms in total. The van der Waals surface area contributed by atoms with Crippen molar-refractivity contribution in [2.75, 3.05) is 0 Å². The summed E-state index contributed by atoms with van der Waals surface area (Å²) < 4.78 is 5.76. The molecule has 1 heterocycles. The predicted molar refractivity (Wildman–Crippen MR) is 78.7 cm³/mol. The van der Waals surface area contributed by atoms with Crippen molar-refractivity contribution in [3.05, 3.63) is 53.6 Å². The number of carbonyl (C=O) groups excluding carboxylic acids is 1. The molecule has 0 aliphatic heterocycles. The molecule has 20 heavy (non-hydrogen) atoms. The Bertz CT molecular complexity index is 756. The smallest absolute Gasteiger partial charge is 0.227 e. The maximum absolute atomic E-state index is 10.9. The Kier molecular flexibility index (Phi) is 3.11. The summed E-state index contributed by atoms with van der Waals surface area (Å²) in [5.74, 6) is 0.481. The number of nitrogens with zero attached hydrogens (tertiary/aromatic N) is 1. The molecule has 0 N–H and O–H groups in total. The number of hydrogen-bond acceptors (Lipinski definition) is 3. The van der Waals surface area contributed by atoms with Crippen molar-refractivity contribution in [1.82, 2.24) is 4.98 Å². The Morgan fingerprint density at radius 3 is 2.60 bits per heavy atom. The van der Waals surface area contributed by atoms with E-state index in [0.717, 1.165) is 28.5 Å². The van der Waals surface area contributed by atoms with Crippen molar-refractivity contribution in [2.45, 2.75) is 19.8 Å². The quantitative estimate of drug-likeness (QED) is 0.669. The van der Waals surface area contributed by atoms with Crippen LogP contribution in [0.4, 0.5) is 0 Å². The van der Waals surface area contributed by atoms with E-state index < -0.39 is 0 Å². The van der Waals surface area contributed by atoms with Gasteiger partial charge in [-0.05, 0) is 36.8 Å². The van der Waals surface area contributed by atoms with Crippen LogP contribution < -0.4 is 0 Å². The highest BCUT2D eigenvalue weighted by molar-refractivity contribution is 5.78. The third-order valence-corrected chi connectivity index (χ3v) is 3.44. The molecular weight excluding hydrogens is 250 g/mol. The SMILES string of the molecule is Cc1ccc(-c2nc3cc(C(C)C=O)ccc3o2)cc1. The highest BCUT2D eigenvalue weighted by atomic mass is 16.3. The van der Waals surface area contributed by atoms with Crippen LogP contribution in [0, 0.1) is 6.92 Å². The normalized spacial score (nSPS) is 12.5. The first-order valence-electron chi connectivity index (χ1n) is 6.60. The fourth-order valence-electron chi connectivity index (χ4n) is 2.13. The number of oxazole rings is 1. The zero-order valence-corrected chi connectivity index (χ0v) is 11.5. The van der Waals surface area contributed by atoms with Crippen molar-refractivity contribution in [3.8, 4) is 11.5 Å². The molecule has 0 aliphatic rings. The minimum Gasteiger partial charge on any atom is -0.436 e. The number of hydrogen-bond donors (Lipinski definition) is 0. The van der Waals surface area contributed by atoms with Crippen molar-refractivity contribution in [3.63, 3.8) is 0 Å². The first-order chi connectivity index (χ1) is 9.67. The molecular formula is C17H15NO2. The number of benzene rings is 2. The summed E-state index contributed by atoms with van der Waals surface area (Å²) in [4.78, 5) is 15.4. The van der Waals surface area contributed by atoms with E-state index in [4.69, 9.17) is 4.42 Å². The van der Waals surface area contributed by atoms with Crippen LogP contribution in [0.2, 0.25) is 0 Å². The summed E-state index contributed by atoms with van der Waals surface area (Å²) in [5, 5.41) is 0. The van der Waals surface area contributed by atoms with E-state index in [9.17, 15) is 4.79 Å². The third kappa shape index (κ3) is 2.23. The van der Waals surface area contributed by atoms with Crippen LogP contribution in [0.3, 0.4) is 0 Å². The van der Waals surface area contributed by atoms with E-state index in [-0.39, 0.29) is 5.92 Å². The molecule has 0 amide bonds. The zero-order valence-electron chi connectivity index (χ0n) is 11.5. The Morgan fingerprint density at radius 1 is 1.15 bits per heavy atom. The van der Waals surface area contributed by atoms with Gasteiger partial charge < -0.3 is 9.21 Å². The summed E-state index contributed by atoms with van der Waals surface area (Å²) in [6.45, 7) is 3.91. The number of aromatic nitrogens is 1. The highest BCUT2D eigenvalue weighted by Crippen LogP contribution is 2.26. The average molecular weight is 265 g/mol. The molecule has 0 spiro atoms. The lowest BCUT2D eigenvalue weighted by Gasteiger charge is -2.01. The molecule has 0 saturated heterocycles. The van der Waals surface area contributed by atoms with E-state index >= 15 is 0 Å². The number of aryl methyl sites for hydroxylation is 1. The van der Waals surface area contributed by atoms with Crippen LogP contribution in [0.15, 0.2) is 46.9 Å². The van der Waals surface area contributed by atoms with Crippen LogP contribution in [-0.4, -0.2) is 11.3 Å². The van der Waals surface area contributed by atoms with E-state index in [1.54, 1.807) is 0 Å². The highest BCUT2D eigenvalue weighted by Gasteiger charge is 2.10. The summed E-state index contributed by atoms with van der Waals surface area (Å²) in [6.07, 6.45) is 0.933. The summed E-state index contributed by atoms with van der Waals surface area (Å²) in [7, 11) is 0. The van der Waals surface area contributed by atoms with Gasteiger partial charge >= 0.3 is 0 Å². The summed E-state index contributed by atoms with van der Waals surface area (Å²) >= 11 is 0. The molecule has 0 aliphatic carbocycles. The second kappa shape index (κ2) is 4.93. The molecule has 3 rings (SSSR count). The first kappa shape index (κ1) is 12.6. The lowest BCUT2D eigenvalue weighted by atomic mass is 10.0. The van der Waals surface area contributed by atoms with Gasteiger partial charge in [-0.15, -0.1) is 0 Å². The average Bonchev–Trinajstić information content (AvgIpc) is 2.90. The molecule has 0 fully saturated rings. The van der Waals surface area contributed by atoms with E-state index in [1.807, 2.05) is 56.3 Å². The van der Waals surface area contributed by atoms with Crippen LogP contribution >= 0.6 is 0 Å². The van der Waals surface area contributed by atoms with Gasteiger partial charge in [0.2, 0.25) is 5.89 Å². The fraction of sp³-hybridized carbons (Fsp3) is 0.176. The Labute approximate surface area is 117 Å². The van der Waals surface area contributed by atoms with Gasteiger partial charge in [0.25, 0.3) is 0 Å². The molecule has 0 bridgehead atoms. The largest absolute Gasteiger partial charge is 0.436 e. The summed E-state index contributed by atoms with van der Waals surface area (Å²) in [6, 6.07) is 13.7. The maximum Gasteiger partial charge on any atom is 0.227 e. The predicted octanol–water partition coefficient (Wildman–Crippen LogP) is 4.11. The van der Waals surface area contributed by atoms with E-state index in [2.05, 4.69) is 4.98 Å². The van der Waals surface area contributed by atoms with E-state index in [0.29, 0.717) is 5.89 Å². The monoisotopic (exact) mass is 265 g/mol. The first-order valence-corrected chi connectivity index (χ1v) is 6.60. The van der Waals surface area contributed by atoms with Gasteiger partial charge in [0, 0.05) is 11.5 Å². The van der Waals surface area contributed by atoms with Gasteiger partial charge in [0.1, 0.15) is 11.8 Å². The second-order valence-electron chi connectivity index (χ2n) is 5.04. The standard InChI is InChI=1S/C17H15NO2/c1-11-3-5-13(6-4-11)17-18-15-9-14(12(2)10-19)7-8-16(15)20-17/h3-10,12H,1-2H3. The van der Waals surface area contributed by atoms with Crippen LogP contribution in [0.25, 0.3) is 22.6 Å². The number of fused-ring (bicyclic) bond motifs is 1. The topological polar surface area (TPSA) is 43.1 Å². The molecule has 100 valence electrons. The second-order valence-corrected chi connectivity index (χ2v) is 5.04. The Balaban J connectivity index is 2.06. The molecule has 2 aromatic carbocycles. The summed E-state index contributed by atoms with van der Waals surface area (Å²) in [5.41, 5.74) is 4.63. The van der Waals surface area contributed by atoms with Gasteiger partial charge in [-0.2, -0.15) is 0 Å². The lowest BCUT2D eigenvalue weighted by Crippen LogP contribution is -1.93. The molecule has 3 aromatic rings. The number of rotatable bonds is 3. The number of aldehydes is 1. The van der Waals surface area contributed by atoms with Gasteiger partial charge in [0.15, 0.2) is 5.58 Å². The van der Waals surface area contributed by atoms with E-state index in [1.165, 1.54) is 5.56 Å². The minimum atomic E-state index is -0.126. The molecule has 1 unspecified atom stereocenters. The van der Waals surface area contributed by atoms with Crippen molar-refractivity contribution >= 4 is 17.4 Å². The van der Waals surface area contributed by atoms with Crippen LogP contribution in [0.1, 0.15) is 24.0 Å². The fourth-order valence-corrected chi connectivity index (χ4v) is 2.13. The lowest BCUT2D eigenvalue weighted by molar-refractivity contribution is -0.108. The molecule has 3 heteroatoms. The minimum absolute atomic E-state index is 0.126. The number of carbonyl (C=O) groups is 1. The van der Waals surface area contributed by atoms with Crippen LogP contribution in [0.5, 0.6) is 0 Å². The zero-order chi connectivity index (χ0) is 14.1.